The Morgan fingerprint density at radius 1 is 1.28 bits per heavy atom. The van der Waals surface area contributed by atoms with Gasteiger partial charge in [0.15, 0.2) is 0 Å². The number of nitrogens with zero attached hydrogens (tertiary/aromatic N) is 1. The number of rotatable bonds is 2. The van der Waals surface area contributed by atoms with Crippen LogP contribution < -0.4 is 5.32 Å². The summed E-state index contributed by atoms with van der Waals surface area (Å²) in [4.78, 5) is 16.1. The van der Waals surface area contributed by atoms with Crippen LogP contribution in [0, 0.1) is 13.8 Å². The highest BCUT2D eigenvalue weighted by Crippen LogP contribution is 2.18. The second-order valence-electron chi connectivity index (χ2n) is 4.16. The Kier molecular flexibility index (Phi) is 3.77. The van der Waals surface area contributed by atoms with E-state index in [1.54, 1.807) is 24.5 Å². The molecule has 0 atom stereocenters. The number of carbonyl (C=O) groups is 1. The van der Waals surface area contributed by atoms with Gasteiger partial charge in [-0.15, -0.1) is 0 Å². The fourth-order valence-corrected chi connectivity index (χ4v) is 2.28. The normalized spacial score (nSPS) is 10.2. The molecule has 0 aliphatic rings. The molecular formula is C14H13BrN2O. The zero-order valence-electron chi connectivity index (χ0n) is 10.2. The number of hydrogen-bond donors (Lipinski definition) is 1. The van der Waals surface area contributed by atoms with E-state index in [1.807, 2.05) is 26.0 Å². The average molecular weight is 305 g/mol. The van der Waals surface area contributed by atoms with E-state index < -0.39 is 0 Å². The highest BCUT2D eigenvalue weighted by Gasteiger charge is 2.08. The Morgan fingerprint density at radius 2 is 2.06 bits per heavy atom. The second-order valence-corrected chi connectivity index (χ2v) is 5.08. The summed E-state index contributed by atoms with van der Waals surface area (Å²) in [7, 11) is 0. The van der Waals surface area contributed by atoms with Gasteiger partial charge in [-0.05, 0) is 49.2 Å². The van der Waals surface area contributed by atoms with Gasteiger partial charge < -0.3 is 5.32 Å². The molecule has 92 valence electrons. The van der Waals surface area contributed by atoms with Crippen molar-refractivity contribution in [1.29, 1.82) is 0 Å². The molecule has 2 rings (SSSR count). The van der Waals surface area contributed by atoms with Gasteiger partial charge >= 0.3 is 0 Å². The van der Waals surface area contributed by atoms with Gasteiger partial charge in [0.2, 0.25) is 0 Å². The third-order valence-electron chi connectivity index (χ3n) is 2.57. The van der Waals surface area contributed by atoms with Gasteiger partial charge in [-0.25, -0.2) is 0 Å². The van der Waals surface area contributed by atoms with Gasteiger partial charge in [0.1, 0.15) is 0 Å². The van der Waals surface area contributed by atoms with Crippen LogP contribution in [-0.4, -0.2) is 10.9 Å². The van der Waals surface area contributed by atoms with E-state index in [0.717, 1.165) is 21.3 Å². The smallest absolute Gasteiger partial charge is 0.255 e. The summed E-state index contributed by atoms with van der Waals surface area (Å²) >= 11 is 3.39. The number of hydrogen-bond acceptors (Lipinski definition) is 2. The summed E-state index contributed by atoms with van der Waals surface area (Å²) < 4.78 is 0.902. The Balaban J connectivity index is 2.25. The summed E-state index contributed by atoms with van der Waals surface area (Å²) in [5.74, 6) is -0.117. The van der Waals surface area contributed by atoms with Gasteiger partial charge in [-0.3, -0.25) is 9.78 Å². The van der Waals surface area contributed by atoms with Crippen LogP contribution in [-0.2, 0) is 0 Å². The molecule has 0 aliphatic heterocycles. The highest BCUT2D eigenvalue weighted by atomic mass is 79.9. The molecule has 1 heterocycles. The van der Waals surface area contributed by atoms with Crippen LogP contribution in [0.3, 0.4) is 0 Å². The van der Waals surface area contributed by atoms with Crippen molar-refractivity contribution >= 4 is 27.5 Å². The zero-order valence-corrected chi connectivity index (χ0v) is 11.8. The Labute approximate surface area is 114 Å². The van der Waals surface area contributed by atoms with Gasteiger partial charge in [0, 0.05) is 28.1 Å². The number of carbonyl (C=O) groups excluding carboxylic acids is 1. The molecule has 0 saturated carbocycles. The molecule has 0 bridgehead atoms. The first-order valence-corrected chi connectivity index (χ1v) is 6.35. The predicted molar refractivity (Wildman–Crippen MR) is 75.8 cm³/mol. The minimum absolute atomic E-state index is 0.117. The van der Waals surface area contributed by atoms with Crippen LogP contribution in [0.15, 0.2) is 41.1 Å². The van der Waals surface area contributed by atoms with Crippen molar-refractivity contribution in [2.45, 2.75) is 13.8 Å². The summed E-state index contributed by atoms with van der Waals surface area (Å²) in [5, 5.41) is 2.88. The minimum Gasteiger partial charge on any atom is -0.322 e. The number of aryl methyl sites for hydroxylation is 2. The second kappa shape index (κ2) is 5.31. The standard InChI is InChI=1S/C14H13BrN2O/c1-9-5-11(7-12(15)6-9)14(18)17-13-3-4-16-8-10(13)2/h3-8H,1-2H3,(H,16,17,18). The van der Waals surface area contributed by atoms with Crippen LogP contribution in [0.25, 0.3) is 0 Å². The van der Waals surface area contributed by atoms with E-state index in [0.29, 0.717) is 5.56 Å². The molecule has 1 aromatic carbocycles. The summed E-state index contributed by atoms with van der Waals surface area (Å²) in [6.07, 6.45) is 3.39. The van der Waals surface area contributed by atoms with E-state index in [4.69, 9.17) is 0 Å². The Morgan fingerprint density at radius 3 is 2.72 bits per heavy atom. The van der Waals surface area contributed by atoms with Crippen molar-refractivity contribution in [2.75, 3.05) is 5.32 Å². The molecule has 18 heavy (non-hydrogen) atoms. The van der Waals surface area contributed by atoms with Gasteiger partial charge in [-0.2, -0.15) is 0 Å². The maximum absolute atomic E-state index is 12.1. The lowest BCUT2D eigenvalue weighted by atomic mass is 10.1. The zero-order chi connectivity index (χ0) is 13.1. The maximum Gasteiger partial charge on any atom is 0.255 e. The fourth-order valence-electron chi connectivity index (χ4n) is 1.68. The van der Waals surface area contributed by atoms with Gasteiger partial charge in [0.25, 0.3) is 5.91 Å². The number of nitrogens with one attached hydrogen (secondary N) is 1. The van der Waals surface area contributed by atoms with Crippen molar-refractivity contribution in [3.8, 4) is 0 Å². The molecule has 0 radical (unpaired) electrons. The molecule has 0 fully saturated rings. The van der Waals surface area contributed by atoms with Crippen LogP contribution in [0.1, 0.15) is 21.5 Å². The molecule has 1 amide bonds. The third kappa shape index (κ3) is 2.96. The van der Waals surface area contributed by atoms with E-state index in [2.05, 4.69) is 26.2 Å². The molecule has 0 spiro atoms. The number of amides is 1. The van der Waals surface area contributed by atoms with E-state index in [1.165, 1.54) is 0 Å². The summed E-state index contributed by atoms with van der Waals surface area (Å²) in [6, 6.07) is 7.42. The monoisotopic (exact) mass is 304 g/mol. The van der Waals surface area contributed by atoms with E-state index in [-0.39, 0.29) is 5.91 Å². The van der Waals surface area contributed by atoms with Gasteiger partial charge in [0.05, 0.1) is 0 Å². The highest BCUT2D eigenvalue weighted by molar-refractivity contribution is 9.10. The lowest BCUT2D eigenvalue weighted by molar-refractivity contribution is 0.102. The van der Waals surface area contributed by atoms with Crippen LogP contribution in [0.5, 0.6) is 0 Å². The summed E-state index contributed by atoms with van der Waals surface area (Å²) in [6.45, 7) is 3.87. The largest absolute Gasteiger partial charge is 0.322 e. The third-order valence-corrected chi connectivity index (χ3v) is 3.03. The first-order valence-electron chi connectivity index (χ1n) is 5.55. The fraction of sp³-hybridized carbons (Fsp3) is 0.143. The average Bonchev–Trinajstić information content (AvgIpc) is 2.31. The molecule has 2 aromatic rings. The number of benzene rings is 1. The number of anilines is 1. The van der Waals surface area contributed by atoms with Crippen LogP contribution in [0.4, 0.5) is 5.69 Å². The number of aromatic nitrogens is 1. The quantitative estimate of drug-likeness (QED) is 0.919. The maximum atomic E-state index is 12.1. The predicted octanol–water partition coefficient (Wildman–Crippen LogP) is 3.71. The molecule has 4 heteroatoms. The molecule has 1 aromatic heterocycles. The Hall–Kier alpha value is -1.68. The molecule has 0 saturated heterocycles. The summed E-state index contributed by atoms with van der Waals surface area (Å²) in [5.41, 5.74) is 3.41. The number of pyridine rings is 1. The molecular weight excluding hydrogens is 292 g/mol. The molecule has 3 nitrogen and oxygen atoms in total. The van der Waals surface area contributed by atoms with E-state index in [9.17, 15) is 4.79 Å². The topological polar surface area (TPSA) is 42.0 Å². The SMILES string of the molecule is Cc1cc(Br)cc(C(=O)Nc2ccncc2C)c1. The van der Waals surface area contributed by atoms with Crippen molar-refractivity contribution in [3.63, 3.8) is 0 Å². The first kappa shape index (κ1) is 12.8. The molecule has 1 N–H and O–H groups in total. The first-order chi connectivity index (χ1) is 8.56. The number of halogens is 1. The minimum atomic E-state index is -0.117. The van der Waals surface area contributed by atoms with Crippen molar-refractivity contribution in [2.24, 2.45) is 0 Å². The Bertz CT molecular complexity index is 576. The lowest BCUT2D eigenvalue weighted by Crippen LogP contribution is -2.13. The van der Waals surface area contributed by atoms with E-state index >= 15 is 0 Å². The van der Waals surface area contributed by atoms with Crippen LogP contribution >= 0.6 is 15.9 Å². The van der Waals surface area contributed by atoms with Crippen molar-refractivity contribution in [3.05, 3.63) is 57.8 Å². The lowest BCUT2D eigenvalue weighted by Gasteiger charge is -2.08. The molecule has 0 unspecified atom stereocenters. The molecule has 0 aliphatic carbocycles. The van der Waals surface area contributed by atoms with Crippen LogP contribution in [0.2, 0.25) is 0 Å². The van der Waals surface area contributed by atoms with Gasteiger partial charge in [-0.1, -0.05) is 15.9 Å². The van der Waals surface area contributed by atoms with Crippen molar-refractivity contribution in [1.82, 2.24) is 4.98 Å². The van der Waals surface area contributed by atoms with Crippen molar-refractivity contribution < 1.29 is 4.79 Å².